The van der Waals surface area contributed by atoms with Gasteiger partial charge in [0, 0.05) is 26.3 Å². The summed E-state index contributed by atoms with van der Waals surface area (Å²) in [4.78, 5) is 12.4. The van der Waals surface area contributed by atoms with Gasteiger partial charge in [0.15, 0.2) is 0 Å². The molecule has 0 radical (unpaired) electrons. The molecule has 0 aromatic carbocycles. The molecule has 0 heterocycles. The monoisotopic (exact) mass is 256 g/mol. The molecular formula is C14H28N2O2. The van der Waals surface area contributed by atoms with E-state index in [2.05, 4.69) is 12.2 Å². The SMILES string of the molecule is CCCCC(CN)NC(=O)C1(CCOC)CCC1. The van der Waals surface area contributed by atoms with Gasteiger partial charge in [0.05, 0.1) is 5.41 Å². The maximum Gasteiger partial charge on any atom is 0.226 e. The maximum atomic E-state index is 12.4. The summed E-state index contributed by atoms with van der Waals surface area (Å²) < 4.78 is 5.11. The Hall–Kier alpha value is -0.610. The molecule has 1 fully saturated rings. The summed E-state index contributed by atoms with van der Waals surface area (Å²) in [5, 5.41) is 3.13. The number of carbonyl (C=O) groups is 1. The van der Waals surface area contributed by atoms with Gasteiger partial charge >= 0.3 is 0 Å². The van der Waals surface area contributed by atoms with Gasteiger partial charge in [-0.25, -0.2) is 0 Å². The fourth-order valence-corrected chi connectivity index (χ4v) is 2.53. The van der Waals surface area contributed by atoms with Crippen molar-refractivity contribution in [3.05, 3.63) is 0 Å². The molecule has 0 aromatic rings. The van der Waals surface area contributed by atoms with Crippen molar-refractivity contribution in [1.29, 1.82) is 0 Å². The van der Waals surface area contributed by atoms with Crippen LogP contribution in [0.15, 0.2) is 0 Å². The largest absolute Gasteiger partial charge is 0.385 e. The van der Waals surface area contributed by atoms with Crippen molar-refractivity contribution in [3.8, 4) is 0 Å². The topological polar surface area (TPSA) is 64.3 Å². The highest BCUT2D eigenvalue weighted by atomic mass is 16.5. The van der Waals surface area contributed by atoms with E-state index in [0.29, 0.717) is 13.2 Å². The van der Waals surface area contributed by atoms with Crippen molar-refractivity contribution in [2.45, 2.75) is 57.9 Å². The minimum Gasteiger partial charge on any atom is -0.385 e. The molecule has 0 saturated heterocycles. The minimum absolute atomic E-state index is 0.137. The van der Waals surface area contributed by atoms with Crippen molar-refractivity contribution in [2.75, 3.05) is 20.3 Å². The highest BCUT2D eigenvalue weighted by molar-refractivity contribution is 5.83. The van der Waals surface area contributed by atoms with Crippen LogP contribution in [0.4, 0.5) is 0 Å². The van der Waals surface area contributed by atoms with Crippen molar-refractivity contribution in [2.24, 2.45) is 11.1 Å². The molecule has 1 rings (SSSR count). The van der Waals surface area contributed by atoms with Gasteiger partial charge in [-0.2, -0.15) is 0 Å². The zero-order chi connectivity index (χ0) is 13.4. The Labute approximate surface area is 111 Å². The number of carbonyl (C=O) groups excluding carboxylic acids is 1. The van der Waals surface area contributed by atoms with Crippen molar-refractivity contribution >= 4 is 5.91 Å². The lowest BCUT2D eigenvalue weighted by Crippen LogP contribution is -2.51. The van der Waals surface area contributed by atoms with Crippen LogP contribution in [0.3, 0.4) is 0 Å². The van der Waals surface area contributed by atoms with E-state index in [1.807, 2.05) is 0 Å². The second-order valence-electron chi connectivity index (χ2n) is 5.42. The summed E-state index contributed by atoms with van der Waals surface area (Å²) in [6, 6.07) is 0.137. The van der Waals surface area contributed by atoms with Gasteiger partial charge in [-0.05, 0) is 25.7 Å². The normalized spacial score (nSPS) is 19.1. The van der Waals surface area contributed by atoms with Gasteiger partial charge < -0.3 is 15.8 Å². The van der Waals surface area contributed by atoms with Crippen molar-refractivity contribution in [3.63, 3.8) is 0 Å². The number of hydrogen-bond acceptors (Lipinski definition) is 3. The van der Waals surface area contributed by atoms with E-state index in [4.69, 9.17) is 10.5 Å². The highest BCUT2D eigenvalue weighted by Gasteiger charge is 2.43. The second-order valence-corrected chi connectivity index (χ2v) is 5.42. The fraction of sp³-hybridized carbons (Fsp3) is 0.929. The standard InChI is InChI=1S/C14H28N2O2/c1-3-4-6-12(11-15)16-13(17)14(7-5-8-14)9-10-18-2/h12H,3-11,15H2,1-2H3,(H,16,17). The number of nitrogens with two attached hydrogens (primary N) is 1. The molecule has 3 N–H and O–H groups in total. The Bertz CT molecular complexity index is 252. The van der Waals surface area contributed by atoms with Crippen LogP contribution in [0.5, 0.6) is 0 Å². The number of unbranched alkanes of at least 4 members (excludes halogenated alkanes) is 1. The van der Waals surface area contributed by atoms with Gasteiger partial charge in [0.2, 0.25) is 5.91 Å². The molecule has 0 aliphatic heterocycles. The van der Waals surface area contributed by atoms with Crippen molar-refractivity contribution in [1.82, 2.24) is 5.32 Å². The van der Waals surface area contributed by atoms with E-state index in [1.165, 1.54) is 0 Å². The highest BCUT2D eigenvalue weighted by Crippen LogP contribution is 2.44. The number of hydrogen-bond donors (Lipinski definition) is 2. The molecule has 1 atom stereocenters. The van der Waals surface area contributed by atoms with Gasteiger partial charge in [-0.3, -0.25) is 4.79 Å². The lowest BCUT2D eigenvalue weighted by Gasteiger charge is -2.41. The van der Waals surface area contributed by atoms with Crippen molar-refractivity contribution < 1.29 is 9.53 Å². The summed E-state index contributed by atoms with van der Waals surface area (Å²) in [6.45, 7) is 3.35. The molecule has 0 aromatic heterocycles. The van der Waals surface area contributed by atoms with Crippen LogP contribution in [-0.4, -0.2) is 32.2 Å². The van der Waals surface area contributed by atoms with Gasteiger partial charge in [-0.1, -0.05) is 26.2 Å². The van der Waals surface area contributed by atoms with E-state index < -0.39 is 0 Å². The Kier molecular flexibility index (Phi) is 6.65. The van der Waals surface area contributed by atoms with Crippen LogP contribution in [0, 0.1) is 5.41 Å². The Morgan fingerprint density at radius 3 is 2.67 bits per heavy atom. The van der Waals surface area contributed by atoms with Crippen LogP contribution in [0.1, 0.15) is 51.9 Å². The zero-order valence-electron chi connectivity index (χ0n) is 11.8. The van der Waals surface area contributed by atoms with Crippen LogP contribution < -0.4 is 11.1 Å². The van der Waals surface area contributed by atoms with Crippen LogP contribution in [0.2, 0.25) is 0 Å². The van der Waals surface area contributed by atoms with Crippen LogP contribution in [0.25, 0.3) is 0 Å². The molecule has 0 bridgehead atoms. The number of ether oxygens (including phenoxy) is 1. The first kappa shape index (κ1) is 15.4. The summed E-state index contributed by atoms with van der Waals surface area (Å²) >= 11 is 0. The molecular weight excluding hydrogens is 228 g/mol. The molecule has 1 saturated carbocycles. The molecule has 4 heteroatoms. The smallest absolute Gasteiger partial charge is 0.226 e. The van der Waals surface area contributed by atoms with Gasteiger partial charge in [0.25, 0.3) is 0 Å². The minimum atomic E-state index is -0.171. The van der Waals surface area contributed by atoms with Gasteiger partial charge in [0.1, 0.15) is 0 Å². The Morgan fingerprint density at radius 2 is 2.22 bits per heavy atom. The summed E-state index contributed by atoms with van der Waals surface area (Å²) in [7, 11) is 1.69. The maximum absolute atomic E-state index is 12.4. The molecule has 0 spiro atoms. The molecule has 18 heavy (non-hydrogen) atoms. The van der Waals surface area contributed by atoms with E-state index >= 15 is 0 Å². The molecule has 1 aliphatic carbocycles. The third-order valence-electron chi connectivity index (χ3n) is 4.10. The summed E-state index contributed by atoms with van der Waals surface area (Å²) in [6.07, 6.45) is 7.22. The number of amides is 1. The lowest BCUT2D eigenvalue weighted by atomic mass is 9.66. The first-order valence-corrected chi connectivity index (χ1v) is 7.18. The predicted octanol–water partition coefficient (Wildman–Crippen LogP) is 1.83. The first-order chi connectivity index (χ1) is 8.68. The van der Waals surface area contributed by atoms with Crippen LogP contribution in [-0.2, 0) is 9.53 Å². The molecule has 4 nitrogen and oxygen atoms in total. The summed E-state index contributed by atoms with van der Waals surface area (Å²) in [5.74, 6) is 0.192. The average Bonchev–Trinajstić information content (AvgIpc) is 2.33. The Morgan fingerprint density at radius 1 is 1.50 bits per heavy atom. The number of nitrogens with one attached hydrogen (secondary N) is 1. The lowest BCUT2D eigenvalue weighted by molar-refractivity contribution is -0.138. The number of methoxy groups -OCH3 is 1. The first-order valence-electron chi connectivity index (χ1n) is 7.18. The second kappa shape index (κ2) is 7.74. The zero-order valence-corrected chi connectivity index (χ0v) is 11.8. The Balaban J connectivity index is 2.45. The van der Waals surface area contributed by atoms with Crippen LogP contribution >= 0.6 is 0 Å². The predicted molar refractivity (Wildman–Crippen MR) is 73.3 cm³/mol. The van der Waals surface area contributed by atoms with E-state index in [9.17, 15) is 4.79 Å². The number of rotatable bonds is 9. The molecule has 1 amide bonds. The molecule has 1 aliphatic rings. The molecule has 1 unspecified atom stereocenters. The quantitative estimate of drug-likeness (QED) is 0.661. The fourth-order valence-electron chi connectivity index (χ4n) is 2.53. The molecule has 106 valence electrons. The summed E-state index contributed by atoms with van der Waals surface area (Å²) in [5.41, 5.74) is 5.55. The van der Waals surface area contributed by atoms with E-state index in [-0.39, 0.29) is 17.4 Å². The van der Waals surface area contributed by atoms with E-state index in [0.717, 1.165) is 44.9 Å². The van der Waals surface area contributed by atoms with Gasteiger partial charge in [-0.15, -0.1) is 0 Å². The third kappa shape index (κ3) is 3.95. The third-order valence-corrected chi connectivity index (χ3v) is 4.10. The average molecular weight is 256 g/mol. The van der Waals surface area contributed by atoms with E-state index in [1.54, 1.807) is 7.11 Å².